The van der Waals surface area contributed by atoms with Gasteiger partial charge in [0.1, 0.15) is 10.8 Å². The molecule has 2 heterocycles. The lowest BCUT2D eigenvalue weighted by Gasteiger charge is -2.19. The molecule has 1 atom stereocenters. The molecule has 2 rings (SSSR count). The molecule has 112 valence electrons. The van der Waals surface area contributed by atoms with Gasteiger partial charge in [0.25, 0.3) is 0 Å². The van der Waals surface area contributed by atoms with Crippen molar-refractivity contribution in [2.45, 2.75) is 19.5 Å². The Morgan fingerprint density at radius 2 is 2.33 bits per heavy atom. The molecule has 0 saturated heterocycles. The Kier molecular flexibility index (Phi) is 4.53. The van der Waals surface area contributed by atoms with Gasteiger partial charge in [-0.15, -0.1) is 11.3 Å². The number of amides is 2. The Balaban J connectivity index is 1.93. The van der Waals surface area contributed by atoms with Crippen LogP contribution in [0.1, 0.15) is 34.3 Å². The molecule has 3 N–H and O–H groups in total. The van der Waals surface area contributed by atoms with Gasteiger partial charge in [0.2, 0.25) is 0 Å². The molecule has 0 bridgehead atoms. The number of rotatable bonds is 5. The number of carboxylic acids is 1. The Morgan fingerprint density at radius 3 is 2.90 bits per heavy atom. The number of imidazole rings is 1. The highest BCUT2D eigenvalue weighted by molar-refractivity contribution is 7.09. The van der Waals surface area contributed by atoms with Gasteiger partial charge in [-0.2, -0.15) is 0 Å². The van der Waals surface area contributed by atoms with Crippen molar-refractivity contribution in [2.75, 3.05) is 7.05 Å². The zero-order valence-corrected chi connectivity index (χ0v) is 12.3. The van der Waals surface area contributed by atoms with Crippen LogP contribution in [0.5, 0.6) is 0 Å². The molecular weight excluding hydrogens is 294 g/mol. The fraction of sp³-hybridized carbons (Fsp3) is 0.333. The number of carbonyl (C=O) groups is 2. The third-order valence-corrected chi connectivity index (χ3v) is 3.77. The van der Waals surface area contributed by atoms with Gasteiger partial charge in [0, 0.05) is 24.8 Å². The quantitative estimate of drug-likeness (QED) is 0.774. The molecule has 0 aliphatic heterocycles. The van der Waals surface area contributed by atoms with Crippen LogP contribution in [0.2, 0.25) is 0 Å². The molecule has 0 fully saturated rings. The monoisotopic (exact) mass is 309 g/mol. The van der Waals surface area contributed by atoms with E-state index in [4.69, 9.17) is 5.11 Å². The second kappa shape index (κ2) is 6.35. The van der Waals surface area contributed by atoms with Gasteiger partial charge in [-0.25, -0.2) is 19.6 Å². The average molecular weight is 309 g/mol. The highest BCUT2D eigenvalue weighted by atomic mass is 32.1. The van der Waals surface area contributed by atoms with Crippen LogP contribution in [0, 0.1) is 0 Å². The number of H-pyrrole nitrogens is 1. The number of nitrogens with zero attached hydrogens (tertiary/aromatic N) is 3. The molecule has 21 heavy (non-hydrogen) atoms. The first-order valence-electron chi connectivity index (χ1n) is 6.16. The molecule has 2 aromatic rings. The highest BCUT2D eigenvalue weighted by Gasteiger charge is 2.18. The molecular formula is C12H15N5O3S. The zero-order chi connectivity index (χ0) is 15.4. The van der Waals surface area contributed by atoms with Crippen LogP contribution in [0.15, 0.2) is 17.8 Å². The molecule has 8 nitrogen and oxygen atoms in total. The normalized spacial score (nSPS) is 11.9. The summed E-state index contributed by atoms with van der Waals surface area (Å²) in [7, 11) is 1.65. The predicted octanol–water partition coefficient (Wildman–Crippen LogP) is 1.47. The summed E-state index contributed by atoms with van der Waals surface area (Å²) in [5.41, 5.74) is -0.0139. The van der Waals surface area contributed by atoms with Crippen molar-refractivity contribution in [3.05, 3.63) is 34.3 Å². The minimum Gasteiger partial charge on any atom is -0.476 e. The number of aromatic carboxylic acids is 1. The predicted molar refractivity (Wildman–Crippen MR) is 76.1 cm³/mol. The van der Waals surface area contributed by atoms with Crippen LogP contribution in [0.3, 0.4) is 0 Å². The highest BCUT2D eigenvalue weighted by Crippen LogP contribution is 2.18. The van der Waals surface area contributed by atoms with E-state index in [9.17, 15) is 9.59 Å². The number of urea groups is 1. The van der Waals surface area contributed by atoms with Gasteiger partial charge in [-0.05, 0) is 6.92 Å². The van der Waals surface area contributed by atoms with E-state index < -0.39 is 5.97 Å². The van der Waals surface area contributed by atoms with E-state index in [-0.39, 0.29) is 17.8 Å². The van der Waals surface area contributed by atoms with Crippen LogP contribution in [-0.4, -0.2) is 44.0 Å². The number of hydrogen-bond donors (Lipinski definition) is 3. The molecule has 9 heteroatoms. The minimum atomic E-state index is -1.08. The summed E-state index contributed by atoms with van der Waals surface area (Å²) in [6.07, 6.45) is 3.30. The first-order chi connectivity index (χ1) is 9.97. The van der Waals surface area contributed by atoms with E-state index in [1.54, 1.807) is 26.4 Å². The SMILES string of the molecule is CC(NC(=O)N(C)Cc1ncc[nH]1)c1nc(C(=O)O)cs1. The lowest BCUT2D eigenvalue weighted by molar-refractivity contribution is 0.0691. The summed E-state index contributed by atoms with van der Waals surface area (Å²) in [4.78, 5) is 35.2. The standard InChI is InChI=1S/C12H15N5O3S/c1-7(10-16-8(6-21-10)11(18)19)15-12(20)17(2)5-9-13-3-4-14-9/h3-4,6-7H,5H2,1-2H3,(H,13,14)(H,15,20)(H,18,19). The number of nitrogens with one attached hydrogen (secondary N) is 2. The lowest BCUT2D eigenvalue weighted by atomic mass is 10.3. The average Bonchev–Trinajstić information content (AvgIpc) is 3.09. The van der Waals surface area contributed by atoms with Gasteiger partial charge in [0.05, 0.1) is 12.6 Å². The lowest BCUT2D eigenvalue weighted by Crippen LogP contribution is -2.38. The van der Waals surface area contributed by atoms with Crippen molar-refractivity contribution in [3.8, 4) is 0 Å². The first kappa shape index (κ1) is 15.0. The second-order valence-electron chi connectivity index (χ2n) is 4.44. The molecule has 0 aliphatic carbocycles. The third-order valence-electron chi connectivity index (χ3n) is 2.74. The summed E-state index contributed by atoms with van der Waals surface area (Å²) in [5, 5.41) is 13.6. The number of carbonyl (C=O) groups excluding carboxylic acids is 1. The number of thiazole rings is 1. The van der Waals surface area contributed by atoms with E-state index in [0.29, 0.717) is 17.4 Å². The van der Waals surface area contributed by atoms with E-state index in [0.717, 1.165) is 0 Å². The van der Waals surface area contributed by atoms with Gasteiger partial charge in [-0.1, -0.05) is 0 Å². The van der Waals surface area contributed by atoms with Gasteiger partial charge < -0.3 is 20.3 Å². The van der Waals surface area contributed by atoms with Gasteiger partial charge >= 0.3 is 12.0 Å². The second-order valence-corrected chi connectivity index (χ2v) is 5.33. The molecule has 0 aromatic carbocycles. The smallest absolute Gasteiger partial charge is 0.355 e. The van der Waals surface area contributed by atoms with Crippen molar-refractivity contribution in [1.82, 2.24) is 25.2 Å². The summed E-state index contributed by atoms with van der Waals surface area (Å²) in [6.45, 7) is 2.10. The van der Waals surface area contributed by atoms with Crippen LogP contribution in [0.4, 0.5) is 4.79 Å². The molecule has 0 aliphatic rings. The first-order valence-corrected chi connectivity index (χ1v) is 7.04. The number of aromatic amines is 1. The van der Waals surface area contributed by atoms with E-state index in [1.807, 2.05) is 0 Å². The molecule has 0 spiro atoms. The number of carboxylic acid groups (broad SMARTS) is 1. The number of hydrogen-bond acceptors (Lipinski definition) is 5. The molecule has 2 amide bonds. The fourth-order valence-corrected chi connectivity index (χ4v) is 2.42. The van der Waals surface area contributed by atoms with Crippen LogP contribution >= 0.6 is 11.3 Å². The zero-order valence-electron chi connectivity index (χ0n) is 11.5. The third kappa shape index (κ3) is 3.78. The maximum absolute atomic E-state index is 12.0. The summed E-state index contributed by atoms with van der Waals surface area (Å²) in [6, 6.07) is -0.652. The van der Waals surface area contributed by atoms with Crippen molar-refractivity contribution in [2.24, 2.45) is 0 Å². The van der Waals surface area contributed by atoms with Crippen LogP contribution < -0.4 is 5.32 Å². The Morgan fingerprint density at radius 1 is 1.57 bits per heavy atom. The van der Waals surface area contributed by atoms with Crippen molar-refractivity contribution in [1.29, 1.82) is 0 Å². The molecule has 0 radical (unpaired) electrons. The van der Waals surface area contributed by atoms with E-state index in [2.05, 4.69) is 20.3 Å². The van der Waals surface area contributed by atoms with Crippen molar-refractivity contribution >= 4 is 23.3 Å². The molecule has 1 unspecified atom stereocenters. The Hall–Kier alpha value is -2.42. The summed E-state index contributed by atoms with van der Waals surface area (Å²) in [5.74, 6) is -0.395. The number of aromatic nitrogens is 3. The molecule has 2 aromatic heterocycles. The minimum absolute atomic E-state index is 0.0139. The summed E-state index contributed by atoms with van der Waals surface area (Å²) >= 11 is 1.20. The maximum atomic E-state index is 12.0. The van der Waals surface area contributed by atoms with Crippen LogP contribution in [-0.2, 0) is 6.54 Å². The van der Waals surface area contributed by atoms with Crippen molar-refractivity contribution in [3.63, 3.8) is 0 Å². The topological polar surface area (TPSA) is 111 Å². The largest absolute Gasteiger partial charge is 0.476 e. The Bertz CT molecular complexity index is 625. The fourth-order valence-electron chi connectivity index (χ4n) is 1.62. The maximum Gasteiger partial charge on any atom is 0.355 e. The van der Waals surface area contributed by atoms with Crippen molar-refractivity contribution < 1.29 is 14.7 Å². The van der Waals surface area contributed by atoms with Gasteiger partial charge in [0.15, 0.2) is 5.69 Å². The summed E-state index contributed by atoms with van der Waals surface area (Å²) < 4.78 is 0. The van der Waals surface area contributed by atoms with Crippen LogP contribution in [0.25, 0.3) is 0 Å². The Labute approximate surface area is 124 Å². The molecule has 0 saturated carbocycles. The van der Waals surface area contributed by atoms with Gasteiger partial charge in [-0.3, -0.25) is 0 Å². The van der Waals surface area contributed by atoms with E-state index >= 15 is 0 Å². The van der Waals surface area contributed by atoms with E-state index in [1.165, 1.54) is 21.6 Å².